The zero-order chi connectivity index (χ0) is 16.8. The zero-order valence-corrected chi connectivity index (χ0v) is 12.2. The lowest BCUT2D eigenvalue weighted by molar-refractivity contribution is -0.174. The van der Waals surface area contributed by atoms with Crippen LogP contribution in [0.3, 0.4) is 0 Å². The molecule has 1 rings (SSSR count). The van der Waals surface area contributed by atoms with E-state index < -0.39 is 18.7 Å². The number of nitrogens with zero attached hydrogens (tertiary/aromatic N) is 1. The molecule has 0 unspecified atom stereocenters. The zero-order valence-electron chi connectivity index (χ0n) is 12.2. The number of alkyl halides is 3. The van der Waals surface area contributed by atoms with Gasteiger partial charge in [-0.15, -0.1) is 0 Å². The molecule has 1 N–H and O–H groups in total. The molecule has 0 radical (unpaired) electrons. The van der Waals surface area contributed by atoms with Gasteiger partial charge in [0.1, 0.15) is 6.61 Å². The number of nitrogens with one attached hydrogen (secondary N) is 1. The maximum Gasteiger partial charge on any atom is 0.411 e. The first-order valence-electron chi connectivity index (χ1n) is 6.45. The van der Waals surface area contributed by atoms with Gasteiger partial charge in [0, 0.05) is 25.3 Å². The van der Waals surface area contributed by atoms with Gasteiger partial charge in [-0.05, 0) is 18.2 Å². The quantitative estimate of drug-likeness (QED) is 0.819. The lowest BCUT2D eigenvalue weighted by atomic mass is 10.2. The molecule has 0 aromatic heterocycles. The van der Waals surface area contributed by atoms with Crippen LogP contribution >= 0.6 is 0 Å². The summed E-state index contributed by atoms with van der Waals surface area (Å²) in [5, 5.41) is 2.50. The highest BCUT2D eigenvalue weighted by Gasteiger charge is 2.27. The van der Waals surface area contributed by atoms with Crippen LogP contribution < -0.4 is 5.32 Å². The van der Waals surface area contributed by atoms with Crippen molar-refractivity contribution in [2.75, 3.05) is 32.6 Å². The summed E-state index contributed by atoms with van der Waals surface area (Å²) in [6, 6.07) is 6.29. The molecule has 0 atom stereocenters. The lowest BCUT2D eigenvalue weighted by Crippen LogP contribution is -2.22. The molecule has 122 valence electrons. The minimum Gasteiger partial charge on any atom is -0.372 e. The summed E-state index contributed by atoms with van der Waals surface area (Å²) in [6.45, 7) is -1.71. The molecule has 8 heteroatoms. The molecule has 2 amide bonds. The minimum absolute atomic E-state index is 0.206. The maximum atomic E-state index is 11.9. The van der Waals surface area contributed by atoms with Crippen LogP contribution in [0.2, 0.25) is 0 Å². The first-order valence-corrected chi connectivity index (χ1v) is 6.45. The summed E-state index contributed by atoms with van der Waals surface area (Å²) in [4.78, 5) is 24.8. The van der Waals surface area contributed by atoms with Crippen LogP contribution in [0.5, 0.6) is 0 Å². The fourth-order valence-electron chi connectivity index (χ4n) is 1.56. The predicted molar refractivity (Wildman–Crippen MR) is 74.6 cm³/mol. The Labute approximate surface area is 126 Å². The molecular formula is C14H17F3N2O3. The van der Waals surface area contributed by atoms with Gasteiger partial charge in [0.25, 0.3) is 5.91 Å². The number of ether oxygens (including phenoxy) is 1. The highest BCUT2D eigenvalue weighted by molar-refractivity contribution is 5.96. The van der Waals surface area contributed by atoms with Crippen LogP contribution in [0.15, 0.2) is 24.3 Å². The van der Waals surface area contributed by atoms with Crippen molar-refractivity contribution in [3.05, 3.63) is 29.8 Å². The molecule has 1 aromatic rings. The van der Waals surface area contributed by atoms with E-state index in [1.165, 1.54) is 11.0 Å². The molecule has 0 bridgehead atoms. The summed E-state index contributed by atoms with van der Waals surface area (Å²) >= 11 is 0. The summed E-state index contributed by atoms with van der Waals surface area (Å²) in [7, 11) is 3.21. The average molecular weight is 318 g/mol. The Morgan fingerprint density at radius 3 is 2.55 bits per heavy atom. The monoisotopic (exact) mass is 318 g/mol. The Balaban J connectivity index is 2.48. The van der Waals surface area contributed by atoms with Crippen LogP contribution in [0.1, 0.15) is 16.8 Å². The first kappa shape index (κ1) is 18.0. The number of hydrogen-bond donors (Lipinski definition) is 1. The van der Waals surface area contributed by atoms with Gasteiger partial charge < -0.3 is 15.0 Å². The molecule has 0 fully saturated rings. The van der Waals surface area contributed by atoms with E-state index in [-0.39, 0.29) is 18.9 Å². The molecule has 0 saturated heterocycles. The van der Waals surface area contributed by atoms with Crippen molar-refractivity contribution < 1.29 is 27.5 Å². The van der Waals surface area contributed by atoms with Gasteiger partial charge in [-0.3, -0.25) is 9.59 Å². The predicted octanol–water partition coefficient (Wildman–Crippen LogP) is 2.30. The summed E-state index contributed by atoms with van der Waals surface area (Å²) < 4.78 is 39.9. The number of carbonyl (C=O) groups excluding carboxylic acids is 2. The van der Waals surface area contributed by atoms with Crippen LogP contribution in [0, 0.1) is 0 Å². The van der Waals surface area contributed by atoms with Gasteiger partial charge in [0.2, 0.25) is 5.91 Å². The summed E-state index contributed by atoms with van der Waals surface area (Å²) in [5.74, 6) is -0.707. The van der Waals surface area contributed by atoms with Gasteiger partial charge in [0.15, 0.2) is 0 Å². The molecule has 1 aromatic carbocycles. The Kier molecular flexibility index (Phi) is 6.36. The topological polar surface area (TPSA) is 58.6 Å². The van der Waals surface area contributed by atoms with E-state index >= 15 is 0 Å². The van der Waals surface area contributed by atoms with E-state index in [2.05, 4.69) is 10.1 Å². The normalized spacial score (nSPS) is 11.1. The Bertz CT molecular complexity index is 530. The molecule has 0 aliphatic heterocycles. The number of hydrogen-bond acceptors (Lipinski definition) is 3. The van der Waals surface area contributed by atoms with Crippen molar-refractivity contribution in [3.63, 3.8) is 0 Å². The van der Waals surface area contributed by atoms with Gasteiger partial charge >= 0.3 is 6.18 Å². The maximum absolute atomic E-state index is 11.9. The molecule has 0 aliphatic carbocycles. The largest absolute Gasteiger partial charge is 0.411 e. The van der Waals surface area contributed by atoms with Crippen molar-refractivity contribution in [2.24, 2.45) is 0 Å². The van der Waals surface area contributed by atoms with Crippen molar-refractivity contribution in [1.82, 2.24) is 4.90 Å². The van der Waals surface area contributed by atoms with Crippen molar-refractivity contribution in [2.45, 2.75) is 12.6 Å². The molecule has 0 aliphatic rings. The van der Waals surface area contributed by atoms with E-state index in [0.29, 0.717) is 11.3 Å². The number of carbonyl (C=O) groups is 2. The summed E-state index contributed by atoms with van der Waals surface area (Å²) in [5.41, 5.74) is 0.796. The van der Waals surface area contributed by atoms with E-state index in [9.17, 15) is 22.8 Å². The van der Waals surface area contributed by atoms with Gasteiger partial charge in [-0.1, -0.05) is 6.07 Å². The Morgan fingerprint density at radius 1 is 1.27 bits per heavy atom. The van der Waals surface area contributed by atoms with E-state index in [0.717, 1.165) is 0 Å². The van der Waals surface area contributed by atoms with Crippen molar-refractivity contribution in [1.29, 1.82) is 0 Å². The van der Waals surface area contributed by atoms with E-state index in [1.807, 2.05) is 0 Å². The minimum atomic E-state index is -4.41. The number of halogens is 3. The second kappa shape index (κ2) is 7.79. The number of anilines is 1. The SMILES string of the molecule is CN(C)C(=O)c1cccc(NC(=O)CCOCC(F)(F)F)c1. The molecule has 0 spiro atoms. The second-order valence-electron chi connectivity index (χ2n) is 4.75. The molecule has 0 saturated carbocycles. The standard InChI is InChI=1S/C14H17F3N2O3/c1-19(2)13(21)10-4-3-5-11(8-10)18-12(20)6-7-22-9-14(15,16)17/h3-5,8H,6-7,9H2,1-2H3,(H,18,20). The number of amides is 2. The molecular weight excluding hydrogens is 301 g/mol. The Morgan fingerprint density at radius 2 is 1.95 bits per heavy atom. The van der Waals surface area contributed by atoms with Crippen LogP contribution in [-0.4, -0.2) is 50.2 Å². The van der Waals surface area contributed by atoms with E-state index in [1.54, 1.807) is 32.3 Å². The van der Waals surface area contributed by atoms with Gasteiger partial charge in [0.05, 0.1) is 13.0 Å². The lowest BCUT2D eigenvalue weighted by Gasteiger charge is -2.12. The second-order valence-corrected chi connectivity index (χ2v) is 4.75. The number of rotatable bonds is 6. The van der Waals surface area contributed by atoms with E-state index in [4.69, 9.17) is 0 Å². The van der Waals surface area contributed by atoms with Gasteiger partial charge in [-0.25, -0.2) is 0 Å². The van der Waals surface area contributed by atoms with Crippen LogP contribution in [0.25, 0.3) is 0 Å². The fraction of sp³-hybridized carbons (Fsp3) is 0.429. The number of benzene rings is 1. The van der Waals surface area contributed by atoms with Crippen molar-refractivity contribution in [3.8, 4) is 0 Å². The highest BCUT2D eigenvalue weighted by atomic mass is 19.4. The first-order chi connectivity index (χ1) is 10.2. The fourth-order valence-corrected chi connectivity index (χ4v) is 1.56. The average Bonchev–Trinajstić information content (AvgIpc) is 2.42. The summed E-state index contributed by atoms with van der Waals surface area (Å²) in [6.07, 6.45) is -4.61. The highest BCUT2D eigenvalue weighted by Crippen LogP contribution is 2.15. The third-order valence-electron chi connectivity index (χ3n) is 2.54. The molecule has 22 heavy (non-hydrogen) atoms. The van der Waals surface area contributed by atoms with Crippen LogP contribution in [-0.2, 0) is 9.53 Å². The van der Waals surface area contributed by atoms with Gasteiger partial charge in [-0.2, -0.15) is 13.2 Å². The molecule has 5 nitrogen and oxygen atoms in total. The smallest absolute Gasteiger partial charge is 0.372 e. The third-order valence-corrected chi connectivity index (χ3v) is 2.54. The Hall–Kier alpha value is -2.09. The van der Waals surface area contributed by atoms with Crippen molar-refractivity contribution >= 4 is 17.5 Å². The van der Waals surface area contributed by atoms with Crippen LogP contribution in [0.4, 0.5) is 18.9 Å². The molecule has 0 heterocycles. The third kappa shape index (κ3) is 6.57.